The molecule has 4 heteroatoms. The van der Waals surface area contributed by atoms with Crippen molar-refractivity contribution < 1.29 is 4.74 Å². The van der Waals surface area contributed by atoms with Crippen molar-refractivity contribution in [2.75, 3.05) is 36.5 Å². The number of anilines is 2. The molecule has 0 spiro atoms. The number of hydrogen-bond acceptors (Lipinski definition) is 4. The van der Waals surface area contributed by atoms with E-state index in [2.05, 4.69) is 34.3 Å². The van der Waals surface area contributed by atoms with Gasteiger partial charge in [-0.3, -0.25) is 0 Å². The van der Waals surface area contributed by atoms with Crippen LogP contribution in [0, 0.1) is 5.92 Å². The van der Waals surface area contributed by atoms with Gasteiger partial charge in [0.1, 0.15) is 5.82 Å². The van der Waals surface area contributed by atoms with Crippen LogP contribution >= 0.6 is 0 Å². The third kappa shape index (κ3) is 2.75. The van der Waals surface area contributed by atoms with Crippen LogP contribution in [-0.4, -0.2) is 37.3 Å². The summed E-state index contributed by atoms with van der Waals surface area (Å²) >= 11 is 0. The Balaban J connectivity index is 1.60. The van der Waals surface area contributed by atoms with Gasteiger partial charge in [-0.1, -0.05) is 0 Å². The fourth-order valence-corrected chi connectivity index (χ4v) is 2.43. The summed E-state index contributed by atoms with van der Waals surface area (Å²) in [6.45, 7) is 5.75. The van der Waals surface area contributed by atoms with Crippen molar-refractivity contribution in [2.45, 2.75) is 25.8 Å². The summed E-state index contributed by atoms with van der Waals surface area (Å²) in [7, 11) is 0. The number of pyridine rings is 1. The van der Waals surface area contributed by atoms with Gasteiger partial charge in [0, 0.05) is 19.1 Å². The molecule has 1 atom stereocenters. The van der Waals surface area contributed by atoms with Gasteiger partial charge in [-0.05, 0) is 37.8 Å². The van der Waals surface area contributed by atoms with Crippen LogP contribution in [0.5, 0.6) is 0 Å². The van der Waals surface area contributed by atoms with E-state index in [9.17, 15) is 0 Å². The van der Waals surface area contributed by atoms with Gasteiger partial charge in [0.15, 0.2) is 0 Å². The standard InChI is InChI=1S/C14H21N3O/c1-11(12-2-3-12)16-13-4-5-14(15-10-13)17-6-8-18-9-7-17/h4-5,10-12,16H,2-3,6-9H2,1H3. The topological polar surface area (TPSA) is 37.4 Å². The SMILES string of the molecule is CC(Nc1ccc(N2CCOCC2)nc1)C1CC1. The lowest BCUT2D eigenvalue weighted by atomic mass is 10.2. The molecule has 1 aromatic heterocycles. The monoisotopic (exact) mass is 247 g/mol. The van der Waals surface area contributed by atoms with Gasteiger partial charge in [-0.2, -0.15) is 0 Å². The van der Waals surface area contributed by atoms with Crippen LogP contribution in [0.1, 0.15) is 19.8 Å². The Hall–Kier alpha value is -1.29. The Kier molecular flexibility index (Phi) is 3.37. The number of ether oxygens (including phenoxy) is 1. The highest BCUT2D eigenvalue weighted by Crippen LogP contribution is 2.33. The van der Waals surface area contributed by atoms with Crippen molar-refractivity contribution in [1.29, 1.82) is 0 Å². The van der Waals surface area contributed by atoms with Crippen LogP contribution in [0.15, 0.2) is 18.3 Å². The van der Waals surface area contributed by atoms with Crippen LogP contribution in [0.25, 0.3) is 0 Å². The zero-order valence-electron chi connectivity index (χ0n) is 10.9. The highest BCUT2D eigenvalue weighted by atomic mass is 16.5. The molecule has 1 aromatic rings. The molecule has 3 rings (SSSR count). The van der Waals surface area contributed by atoms with Crippen LogP contribution in [-0.2, 0) is 4.74 Å². The van der Waals surface area contributed by atoms with E-state index in [0.29, 0.717) is 6.04 Å². The Morgan fingerprint density at radius 3 is 2.72 bits per heavy atom. The maximum Gasteiger partial charge on any atom is 0.128 e. The Labute approximate surface area is 108 Å². The van der Waals surface area contributed by atoms with E-state index in [-0.39, 0.29) is 0 Å². The third-order valence-electron chi connectivity index (χ3n) is 3.81. The van der Waals surface area contributed by atoms with E-state index >= 15 is 0 Å². The summed E-state index contributed by atoms with van der Waals surface area (Å²) in [6, 6.07) is 4.81. The van der Waals surface area contributed by atoms with E-state index in [1.165, 1.54) is 12.8 Å². The number of aromatic nitrogens is 1. The lowest BCUT2D eigenvalue weighted by Gasteiger charge is -2.27. The quantitative estimate of drug-likeness (QED) is 0.884. The molecule has 0 radical (unpaired) electrons. The largest absolute Gasteiger partial charge is 0.381 e. The fourth-order valence-electron chi connectivity index (χ4n) is 2.43. The molecule has 4 nitrogen and oxygen atoms in total. The lowest BCUT2D eigenvalue weighted by Crippen LogP contribution is -2.36. The van der Waals surface area contributed by atoms with Crippen molar-refractivity contribution in [2.24, 2.45) is 5.92 Å². The molecule has 1 saturated heterocycles. The molecular formula is C14H21N3O. The molecule has 2 fully saturated rings. The first kappa shape index (κ1) is 11.8. The van der Waals surface area contributed by atoms with E-state index in [4.69, 9.17) is 4.74 Å². The molecular weight excluding hydrogens is 226 g/mol. The molecule has 2 heterocycles. The first-order valence-electron chi connectivity index (χ1n) is 6.88. The van der Waals surface area contributed by atoms with Crippen LogP contribution in [0.3, 0.4) is 0 Å². The summed E-state index contributed by atoms with van der Waals surface area (Å²) < 4.78 is 5.35. The Morgan fingerprint density at radius 2 is 2.11 bits per heavy atom. The molecule has 1 saturated carbocycles. The second-order valence-electron chi connectivity index (χ2n) is 5.27. The van der Waals surface area contributed by atoms with Crippen LogP contribution in [0.2, 0.25) is 0 Å². The third-order valence-corrected chi connectivity index (χ3v) is 3.81. The molecule has 0 amide bonds. The molecule has 0 bridgehead atoms. The fraction of sp³-hybridized carbons (Fsp3) is 0.643. The van der Waals surface area contributed by atoms with Crippen molar-refractivity contribution in [3.05, 3.63) is 18.3 Å². The summed E-state index contributed by atoms with van der Waals surface area (Å²) in [5.41, 5.74) is 1.13. The van der Waals surface area contributed by atoms with Crippen LogP contribution in [0.4, 0.5) is 11.5 Å². The van der Waals surface area contributed by atoms with E-state index in [0.717, 1.165) is 43.7 Å². The number of nitrogens with one attached hydrogen (secondary N) is 1. The smallest absolute Gasteiger partial charge is 0.128 e. The molecule has 18 heavy (non-hydrogen) atoms. The summed E-state index contributed by atoms with van der Waals surface area (Å²) in [5, 5.41) is 3.53. The first-order valence-corrected chi connectivity index (χ1v) is 6.88. The van der Waals surface area contributed by atoms with Crippen molar-refractivity contribution in [3.63, 3.8) is 0 Å². The highest BCUT2D eigenvalue weighted by Gasteiger charge is 2.27. The number of morpholine rings is 1. The molecule has 1 unspecified atom stereocenters. The van der Waals surface area contributed by atoms with E-state index < -0.39 is 0 Å². The van der Waals surface area contributed by atoms with Crippen molar-refractivity contribution in [1.82, 2.24) is 4.98 Å². The Morgan fingerprint density at radius 1 is 1.33 bits per heavy atom. The number of nitrogens with zero attached hydrogens (tertiary/aromatic N) is 2. The van der Waals surface area contributed by atoms with Crippen LogP contribution < -0.4 is 10.2 Å². The maximum absolute atomic E-state index is 5.35. The van der Waals surface area contributed by atoms with E-state index in [1.54, 1.807) is 0 Å². The normalized spacial score (nSPS) is 21.7. The zero-order chi connectivity index (χ0) is 12.4. The minimum Gasteiger partial charge on any atom is -0.381 e. The van der Waals surface area contributed by atoms with Crippen molar-refractivity contribution in [3.8, 4) is 0 Å². The second-order valence-corrected chi connectivity index (χ2v) is 5.27. The van der Waals surface area contributed by atoms with E-state index in [1.807, 2.05) is 6.20 Å². The first-order chi connectivity index (χ1) is 8.83. The molecule has 0 aromatic carbocycles. The lowest BCUT2D eigenvalue weighted by molar-refractivity contribution is 0.122. The molecule has 98 valence electrons. The predicted octanol–water partition coefficient (Wildman–Crippen LogP) is 2.13. The summed E-state index contributed by atoms with van der Waals surface area (Å²) in [4.78, 5) is 6.82. The van der Waals surface area contributed by atoms with Gasteiger partial charge in [0.05, 0.1) is 25.1 Å². The van der Waals surface area contributed by atoms with Gasteiger partial charge < -0.3 is 15.0 Å². The average Bonchev–Trinajstić information content (AvgIpc) is 3.25. The van der Waals surface area contributed by atoms with Gasteiger partial charge in [0.25, 0.3) is 0 Å². The molecule has 2 aliphatic rings. The molecule has 1 aliphatic heterocycles. The summed E-state index contributed by atoms with van der Waals surface area (Å²) in [5.74, 6) is 1.92. The Bertz CT molecular complexity index is 383. The minimum absolute atomic E-state index is 0.570. The zero-order valence-corrected chi connectivity index (χ0v) is 10.9. The van der Waals surface area contributed by atoms with Crippen molar-refractivity contribution >= 4 is 11.5 Å². The summed E-state index contributed by atoms with van der Waals surface area (Å²) in [6.07, 6.45) is 4.69. The van der Waals surface area contributed by atoms with Gasteiger partial charge in [-0.15, -0.1) is 0 Å². The average molecular weight is 247 g/mol. The van der Waals surface area contributed by atoms with Gasteiger partial charge >= 0.3 is 0 Å². The molecule has 1 aliphatic carbocycles. The van der Waals surface area contributed by atoms with Gasteiger partial charge in [-0.25, -0.2) is 4.98 Å². The highest BCUT2D eigenvalue weighted by molar-refractivity contribution is 5.49. The second kappa shape index (κ2) is 5.14. The predicted molar refractivity (Wildman–Crippen MR) is 73.1 cm³/mol. The molecule has 1 N–H and O–H groups in total. The minimum atomic E-state index is 0.570. The van der Waals surface area contributed by atoms with Gasteiger partial charge in [0.2, 0.25) is 0 Å². The number of rotatable bonds is 4. The number of hydrogen-bond donors (Lipinski definition) is 1. The maximum atomic E-state index is 5.35.